The van der Waals surface area contributed by atoms with E-state index in [1.807, 2.05) is 37.4 Å². The molecule has 0 bridgehead atoms. The van der Waals surface area contributed by atoms with Gasteiger partial charge in [-0.25, -0.2) is 0 Å². The molecule has 0 fully saturated rings. The average Bonchev–Trinajstić information content (AvgIpc) is 3.13. The van der Waals surface area contributed by atoms with Crippen molar-refractivity contribution in [2.24, 2.45) is 0 Å². The Hall–Kier alpha value is -3.25. The lowest BCUT2D eigenvalue weighted by atomic mass is 10.2. The molecule has 28 heavy (non-hydrogen) atoms. The molecule has 1 aromatic heterocycles. The topological polar surface area (TPSA) is 71.3 Å². The molecule has 3 rings (SSSR count). The van der Waals surface area contributed by atoms with Crippen LogP contribution in [0.3, 0.4) is 0 Å². The first-order chi connectivity index (χ1) is 13.5. The van der Waals surface area contributed by atoms with E-state index >= 15 is 0 Å². The van der Waals surface area contributed by atoms with Crippen LogP contribution in [0.15, 0.2) is 81.7 Å². The molecule has 0 aliphatic heterocycles. The Morgan fingerprint density at radius 2 is 1.79 bits per heavy atom. The minimum absolute atomic E-state index is 0.0951. The molecule has 2 aromatic carbocycles. The molecule has 5 nitrogen and oxygen atoms in total. The summed E-state index contributed by atoms with van der Waals surface area (Å²) in [5.41, 5.74) is 1.20. The number of carbonyl (C=O) groups is 2. The van der Waals surface area contributed by atoms with Crippen molar-refractivity contribution in [2.75, 3.05) is 11.6 Å². The smallest absolute Gasteiger partial charge is 0.272 e. The van der Waals surface area contributed by atoms with E-state index in [0.717, 1.165) is 4.90 Å². The number of aryl methyl sites for hydroxylation is 1. The Bertz CT molecular complexity index is 1010. The number of anilines is 1. The summed E-state index contributed by atoms with van der Waals surface area (Å²) in [5, 5.41) is 5.51. The van der Waals surface area contributed by atoms with Gasteiger partial charge in [-0.05, 0) is 55.6 Å². The first-order valence-corrected chi connectivity index (χ1v) is 9.87. The van der Waals surface area contributed by atoms with Crippen LogP contribution in [0.5, 0.6) is 0 Å². The minimum atomic E-state index is -0.434. The number of hydrogen-bond acceptors (Lipinski definition) is 4. The molecule has 0 aliphatic carbocycles. The summed E-state index contributed by atoms with van der Waals surface area (Å²) in [5.74, 6) is 0.390. The van der Waals surface area contributed by atoms with Gasteiger partial charge in [-0.3, -0.25) is 9.59 Å². The Morgan fingerprint density at radius 3 is 2.46 bits per heavy atom. The third-order valence-electron chi connectivity index (χ3n) is 3.90. The number of rotatable bonds is 6. The maximum absolute atomic E-state index is 12.8. The van der Waals surface area contributed by atoms with E-state index in [1.54, 1.807) is 54.2 Å². The molecule has 1 heterocycles. The SMILES string of the molecule is CSc1cccc(NC(=O)/C(=C/c2ccc(C)o2)NC(=O)c2ccccc2)c1. The van der Waals surface area contributed by atoms with Crippen molar-refractivity contribution < 1.29 is 14.0 Å². The minimum Gasteiger partial charge on any atom is -0.462 e. The van der Waals surface area contributed by atoms with E-state index in [0.29, 0.717) is 22.8 Å². The molecule has 0 spiro atoms. The number of nitrogens with one attached hydrogen (secondary N) is 2. The van der Waals surface area contributed by atoms with Crippen molar-refractivity contribution >= 4 is 35.3 Å². The van der Waals surface area contributed by atoms with E-state index < -0.39 is 5.91 Å². The monoisotopic (exact) mass is 392 g/mol. The van der Waals surface area contributed by atoms with Crippen molar-refractivity contribution in [3.8, 4) is 0 Å². The summed E-state index contributed by atoms with van der Waals surface area (Å²) in [6.07, 6.45) is 3.48. The van der Waals surface area contributed by atoms with Gasteiger partial charge in [0.25, 0.3) is 11.8 Å². The third kappa shape index (κ3) is 5.14. The Kier molecular flexibility index (Phi) is 6.34. The molecule has 3 aromatic rings. The summed E-state index contributed by atoms with van der Waals surface area (Å²) in [7, 11) is 0. The normalized spacial score (nSPS) is 11.1. The van der Waals surface area contributed by atoms with Gasteiger partial charge in [-0.15, -0.1) is 11.8 Å². The summed E-state index contributed by atoms with van der Waals surface area (Å²) >= 11 is 1.58. The van der Waals surface area contributed by atoms with E-state index in [2.05, 4.69) is 10.6 Å². The first kappa shape index (κ1) is 19.5. The summed E-state index contributed by atoms with van der Waals surface area (Å²) in [6, 6.07) is 19.8. The van der Waals surface area contributed by atoms with Crippen LogP contribution in [-0.2, 0) is 4.79 Å². The lowest BCUT2D eigenvalue weighted by Gasteiger charge is -2.11. The van der Waals surface area contributed by atoms with Gasteiger partial charge in [0.1, 0.15) is 17.2 Å². The van der Waals surface area contributed by atoms with Crippen molar-refractivity contribution in [3.63, 3.8) is 0 Å². The average molecular weight is 392 g/mol. The molecule has 6 heteroatoms. The quantitative estimate of drug-likeness (QED) is 0.470. The number of thioether (sulfide) groups is 1. The molecule has 2 N–H and O–H groups in total. The Balaban J connectivity index is 1.85. The van der Waals surface area contributed by atoms with Gasteiger partial charge in [0.15, 0.2) is 0 Å². The van der Waals surface area contributed by atoms with Gasteiger partial charge in [0.05, 0.1) is 0 Å². The number of carbonyl (C=O) groups excluding carboxylic acids is 2. The number of benzene rings is 2. The first-order valence-electron chi connectivity index (χ1n) is 8.65. The van der Waals surface area contributed by atoms with Crippen LogP contribution in [0.25, 0.3) is 6.08 Å². The highest BCUT2D eigenvalue weighted by Crippen LogP contribution is 2.20. The van der Waals surface area contributed by atoms with Crippen LogP contribution >= 0.6 is 11.8 Å². The molecule has 142 valence electrons. The summed E-state index contributed by atoms with van der Waals surface area (Å²) in [4.78, 5) is 26.4. The third-order valence-corrected chi connectivity index (χ3v) is 4.63. The van der Waals surface area contributed by atoms with Crippen molar-refractivity contribution in [1.29, 1.82) is 0 Å². The largest absolute Gasteiger partial charge is 0.462 e. The Labute approximate surface area is 167 Å². The predicted octanol–water partition coefficient (Wildman–Crippen LogP) is 4.72. The highest BCUT2D eigenvalue weighted by molar-refractivity contribution is 7.98. The van der Waals surface area contributed by atoms with Crippen LogP contribution in [0.2, 0.25) is 0 Å². The van der Waals surface area contributed by atoms with Gasteiger partial charge in [0.2, 0.25) is 0 Å². The second-order valence-corrected chi connectivity index (χ2v) is 6.89. The van der Waals surface area contributed by atoms with Crippen LogP contribution < -0.4 is 10.6 Å². The fraction of sp³-hybridized carbons (Fsp3) is 0.0909. The second kappa shape index (κ2) is 9.10. The van der Waals surface area contributed by atoms with E-state index in [-0.39, 0.29) is 11.6 Å². The van der Waals surface area contributed by atoms with Crippen LogP contribution in [0.1, 0.15) is 21.9 Å². The molecule has 0 aliphatic rings. The van der Waals surface area contributed by atoms with Crippen molar-refractivity contribution in [3.05, 3.63) is 89.5 Å². The predicted molar refractivity (Wildman–Crippen MR) is 112 cm³/mol. The van der Waals surface area contributed by atoms with Crippen LogP contribution in [0, 0.1) is 6.92 Å². The molecule has 2 amide bonds. The van der Waals surface area contributed by atoms with Gasteiger partial charge in [-0.1, -0.05) is 24.3 Å². The maximum atomic E-state index is 12.8. The van der Waals surface area contributed by atoms with Crippen molar-refractivity contribution in [2.45, 2.75) is 11.8 Å². The molecule has 0 saturated heterocycles. The fourth-order valence-electron chi connectivity index (χ4n) is 2.51. The van der Waals surface area contributed by atoms with Gasteiger partial charge in [-0.2, -0.15) is 0 Å². The molecule has 0 atom stereocenters. The zero-order valence-corrected chi connectivity index (χ0v) is 16.4. The zero-order chi connectivity index (χ0) is 19.9. The van der Waals surface area contributed by atoms with Crippen LogP contribution in [-0.4, -0.2) is 18.1 Å². The second-order valence-electron chi connectivity index (χ2n) is 6.01. The Morgan fingerprint density at radius 1 is 1.00 bits per heavy atom. The van der Waals surface area contributed by atoms with Crippen molar-refractivity contribution in [1.82, 2.24) is 5.32 Å². The van der Waals surface area contributed by atoms with E-state index in [9.17, 15) is 9.59 Å². The standard InChI is InChI=1S/C22H20N2O3S/c1-15-11-12-18(27-15)14-20(24-21(25)16-7-4-3-5-8-16)22(26)23-17-9-6-10-19(13-17)28-2/h3-14H,1-2H3,(H,23,26)(H,24,25)/b20-14-. The van der Waals surface area contributed by atoms with E-state index in [4.69, 9.17) is 4.42 Å². The molecular weight excluding hydrogens is 372 g/mol. The number of amides is 2. The number of hydrogen-bond donors (Lipinski definition) is 2. The van der Waals surface area contributed by atoms with E-state index in [1.165, 1.54) is 6.08 Å². The summed E-state index contributed by atoms with van der Waals surface area (Å²) in [6.45, 7) is 1.81. The molecular formula is C22H20N2O3S. The zero-order valence-electron chi connectivity index (χ0n) is 15.6. The summed E-state index contributed by atoms with van der Waals surface area (Å²) < 4.78 is 5.53. The lowest BCUT2D eigenvalue weighted by molar-refractivity contribution is -0.113. The lowest BCUT2D eigenvalue weighted by Crippen LogP contribution is -2.30. The highest BCUT2D eigenvalue weighted by Gasteiger charge is 2.16. The van der Waals surface area contributed by atoms with Crippen LogP contribution in [0.4, 0.5) is 5.69 Å². The van der Waals surface area contributed by atoms with Gasteiger partial charge < -0.3 is 15.1 Å². The van der Waals surface area contributed by atoms with Gasteiger partial charge >= 0.3 is 0 Å². The fourth-order valence-corrected chi connectivity index (χ4v) is 2.97. The number of furan rings is 1. The highest BCUT2D eigenvalue weighted by atomic mass is 32.2. The van der Waals surface area contributed by atoms with Gasteiger partial charge in [0, 0.05) is 22.2 Å². The molecule has 0 unspecified atom stereocenters. The molecule has 0 saturated carbocycles. The maximum Gasteiger partial charge on any atom is 0.272 e. The molecule has 0 radical (unpaired) electrons.